The minimum atomic E-state index is 0.571. The van der Waals surface area contributed by atoms with Crippen molar-refractivity contribution in [3.63, 3.8) is 0 Å². The fourth-order valence-electron chi connectivity index (χ4n) is 0.781. The third-order valence-corrected chi connectivity index (χ3v) is 2.15. The lowest BCUT2D eigenvalue weighted by atomic mass is 10.5. The second-order valence-corrected chi connectivity index (χ2v) is 3.01. The number of hydrogen-bond acceptors (Lipinski definition) is 6. The Bertz CT molecular complexity index is 355. The maximum atomic E-state index is 5.14. The second-order valence-electron chi connectivity index (χ2n) is 2.03. The van der Waals surface area contributed by atoms with Crippen LogP contribution in [-0.4, -0.2) is 10.2 Å². The first-order valence-corrected chi connectivity index (χ1v) is 4.06. The van der Waals surface area contributed by atoms with Crippen LogP contribution in [0.15, 0.2) is 22.8 Å². The lowest BCUT2D eigenvalue weighted by molar-refractivity contribution is 0.581. The van der Waals surface area contributed by atoms with Crippen molar-refractivity contribution in [1.29, 1.82) is 0 Å². The number of hydrogen-bond donors (Lipinski definition) is 2. The Kier molecular flexibility index (Phi) is 1.77. The summed E-state index contributed by atoms with van der Waals surface area (Å²) in [5, 5.41) is 8.91. The number of anilines is 1. The van der Waals surface area contributed by atoms with E-state index in [2.05, 4.69) is 15.6 Å². The highest BCUT2D eigenvalue weighted by Crippen LogP contribution is 2.25. The Hall–Kier alpha value is -1.40. The fraction of sp³-hybridized carbons (Fsp3) is 0. The van der Waals surface area contributed by atoms with Gasteiger partial charge in [-0.15, -0.1) is 10.2 Å². The molecule has 0 atom stereocenters. The van der Waals surface area contributed by atoms with Crippen LogP contribution in [0.5, 0.6) is 0 Å². The molecule has 0 aliphatic heterocycles. The maximum absolute atomic E-state index is 5.14. The summed E-state index contributed by atoms with van der Waals surface area (Å²) in [5.41, 5.74) is 2.41. The summed E-state index contributed by atoms with van der Waals surface area (Å²) in [6.45, 7) is 0. The molecular formula is C6H6N4OS. The van der Waals surface area contributed by atoms with Crippen molar-refractivity contribution in [2.24, 2.45) is 5.84 Å². The van der Waals surface area contributed by atoms with E-state index in [0.717, 1.165) is 0 Å². The third kappa shape index (κ3) is 1.17. The van der Waals surface area contributed by atoms with Gasteiger partial charge in [0.15, 0.2) is 10.8 Å². The summed E-state index contributed by atoms with van der Waals surface area (Å²) in [6, 6.07) is 3.62. The van der Waals surface area contributed by atoms with Crippen LogP contribution in [0, 0.1) is 0 Å². The van der Waals surface area contributed by atoms with Crippen molar-refractivity contribution in [1.82, 2.24) is 10.2 Å². The zero-order valence-electron chi connectivity index (χ0n) is 6.02. The molecule has 0 aliphatic rings. The molecule has 0 amide bonds. The van der Waals surface area contributed by atoms with Gasteiger partial charge in [-0.2, -0.15) is 0 Å². The summed E-state index contributed by atoms with van der Waals surface area (Å²) in [6.07, 6.45) is 1.59. The van der Waals surface area contributed by atoms with E-state index >= 15 is 0 Å². The van der Waals surface area contributed by atoms with Crippen LogP contribution in [0.25, 0.3) is 10.8 Å². The molecule has 0 aliphatic carbocycles. The number of nitrogens with zero attached hydrogens (tertiary/aromatic N) is 2. The van der Waals surface area contributed by atoms with Gasteiger partial charge in [0.25, 0.3) is 0 Å². The molecule has 0 saturated heterocycles. The summed E-state index contributed by atoms with van der Waals surface area (Å²) in [5.74, 6) is 5.85. The van der Waals surface area contributed by atoms with E-state index in [1.165, 1.54) is 11.3 Å². The molecule has 2 aromatic heterocycles. The topological polar surface area (TPSA) is 77.0 Å². The lowest BCUT2D eigenvalue weighted by Crippen LogP contribution is -2.05. The standard InChI is InChI=1S/C6H6N4OS/c7-8-6-10-9-5(12-6)4-2-1-3-11-4/h1-3H,7H2,(H,8,10). The predicted octanol–water partition coefficient (Wildman–Crippen LogP) is 1.08. The fourth-order valence-corrected chi connectivity index (χ4v) is 1.40. The Balaban J connectivity index is 2.35. The molecule has 2 aromatic rings. The van der Waals surface area contributed by atoms with E-state index in [1.807, 2.05) is 6.07 Å². The second kappa shape index (κ2) is 2.92. The zero-order valence-corrected chi connectivity index (χ0v) is 6.84. The van der Waals surface area contributed by atoms with Gasteiger partial charge in [0.2, 0.25) is 5.13 Å². The molecule has 12 heavy (non-hydrogen) atoms. The van der Waals surface area contributed by atoms with Crippen molar-refractivity contribution in [3.8, 4) is 10.8 Å². The quantitative estimate of drug-likeness (QED) is 0.537. The first-order chi connectivity index (χ1) is 5.90. The van der Waals surface area contributed by atoms with E-state index in [-0.39, 0.29) is 0 Å². The van der Waals surface area contributed by atoms with E-state index in [9.17, 15) is 0 Å². The zero-order chi connectivity index (χ0) is 8.39. The smallest absolute Gasteiger partial charge is 0.220 e. The summed E-state index contributed by atoms with van der Waals surface area (Å²) >= 11 is 1.34. The van der Waals surface area contributed by atoms with Gasteiger partial charge in [0, 0.05) is 0 Å². The minimum absolute atomic E-state index is 0.571. The van der Waals surface area contributed by atoms with Gasteiger partial charge in [-0.3, -0.25) is 5.43 Å². The number of aromatic nitrogens is 2. The van der Waals surface area contributed by atoms with Crippen molar-refractivity contribution < 1.29 is 4.42 Å². The largest absolute Gasteiger partial charge is 0.462 e. The van der Waals surface area contributed by atoms with Crippen molar-refractivity contribution in [3.05, 3.63) is 18.4 Å². The Morgan fingerprint density at radius 3 is 3.00 bits per heavy atom. The van der Waals surface area contributed by atoms with Crippen LogP contribution in [0.2, 0.25) is 0 Å². The van der Waals surface area contributed by atoms with Crippen LogP contribution >= 0.6 is 11.3 Å². The molecule has 0 saturated carbocycles. The number of furan rings is 1. The number of nitrogens with one attached hydrogen (secondary N) is 1. The Morgan fingerprint density at radius 1 is 1.50 bits per heavy atom. The molecule has 3 N–H and O–H groups in total. The van der Waals surface area contributed by atoms with E-state index in [0.29, 0.717) is 15.9 Å². The highest BCUT2D eigenvalue weighted by atomic mass is 32.1. The number of hydrazine groups is 1. The van der Waals surface area contributed by atoms with Gasteiger partial charge in [0.1, 0.15) is 0 Å². The average Bonchev–Trinajstić information content (AvgIpc) is 2.75. The molecule has 0 radical (unpaired) electrons. The van der Waals surface area contributed by atoms with Gasteiger partial charge in [-0.1, -0.05) is 11.3 Å². The van der Waals surface area contributed by atoms with E-state index < -0.39 is 0 Å². The molecule has 0 spiro atoms. The molecule has 0 bridgehead atoms. The van der Waals surface area contributed by atoms with Crippen LogP contribution in [0.3, 0.4) is 0 Å². The van der Waals surface area contributed by atoms with Crippen LogP contribution in [-0.2, 0) is 0 Å². The molecular weight excluding hydrogens is 176 g/mol. The molecule has 6 heteroatoms. The molecule has 5 nitrogen and oxygen atoms in total. The maximum Gasteiger partial charge on any atom is 0.220 e. The first-order valence-electron chi connectivity index (χ1n) is 3.24. The first kappa shape index (κ1) is 7.26. The predicted molar refractivity (Wildman–Crippen MR) is 45.4 cm³/mol. The SMILES string of the molecule is NNc1nnc(-c2ccco2)s1. The molecule has 2 heterocycles. The van der Waals surface area contributed by atoms with Crippen LogP contribution in [0.1, 0.15) is 0 Å². The van der Waals surface area contributed by atoms with E-state index in [1.54, 1.807) is 12.3 Å². The van der Waals surface area contributed by atoms with Crippen molar-refractivity contribution >= 4 is 16.5 Å². The van der Waals surface area contributed by atoms with Crippen LogP contribution in [0.4, 0.5) is 5.13 Å². The lowest BCUT2D eigenvalue weighted by Gasteiger charge is -1.85. The van der Waals surface area contributed by atoms with Gasteiger partial charge < -0.3 is 4.42 Å². The molecule has 0 fully saturated rings. The molecule has 2 rings (SSSR count). The summed E-state index contributed by atoms with van der Waals surface area (Å²) in [7, 11) is 0. The van der Waals surface area contributed by atoms with Gasteiger partial charge in [-0.25, -0.2) is 5.84 Å². The highest BCUT2D eigenvalue weighted by molar-refractivity contribution is 7.18. The highest BCUT2D eigenvalue weighted by Gasteiger charge is 2.06. The summed E-state index contributed by atoms with van der Waals surface area (Å²) in [4.78, 5) is 0. The minimum Gasteiger partial charge on any atom is -0.462 e. The number of rotatable bonds is 2. The van der Waals surface area contributed by atoms with Crippen molar-refractivity contribution in [2.75, 3.05) is 5.43 Å². The Labute approximate surface area is 72.2 Å². The monoisotopic (exact) mass is 182 g/mol. The normalized spacial score (nSPS) is 10.1. The third-order valence-electron chi connectivity index (χ3n) is 1.28. The molecule has 62 valence electrons. The van der Waals surface area contributed by atoms with Gasteiger partial charge >= 0.3 is 0 Å². The van der Waals surface area contributed by atoms with Gasteiger partial charge in [0.05, 0.1) is 6.26 Å². The van der Waals surface area contributed by atoms with Gasteiger partial charge in [-0.05, 0) is 12.1 Å². The summed E-state index contributed by atoms with van der Waals surface area (Å²) < 4.78 is 5.12. The van der Waals surface area contributed by atoms with Crippen molar-refractivity contribution in [2.45, 2.75) is 0 Å². The number of nitrogen functional groups attached to an aromatic ring is 1. The Morgan fingerprint density at radius 2 is 2.42 bits per heavy atom. The molecule has 0 unspecified atom stereocenters. The van der Waals surface area contributed by atoms with Crippen LogP contribution < -0.4 is 11.3 Å². The van der Waals surface area contributed by atoms with E-state index in [4.69, 9.17) is 10.3 Å². The number of nitrogens with two attached hydrogens (primary N) is 1. The molecule has 0 aromatic carbocycles. The average molecular weight is 182 g/mol.